The van der Waals surface area contributed by atoms with E-state index in [4.69, 9.17) is 4.74 Å². The molecule has 0 spiro atoms. The van der Waals surface area contributed by atoms with Crippen LogP contribution in [0.2, 0.25) is 0 Å². The lowest BCUT2D eigenvalue weighted by molar-refractivity contribution is 0.314. The maximum atomic E-state index is 11.6. The molecule has 1 aliphatic rings. The molecule has 5 nitrogen and oxygen atoms in total. The number of phenols is 1. The normalized spacial score (nSPS) is 24.7. The third-order valence-corrected chi connectivity index (χ3v) is 5.49. The van der Waals surface area contributed by atoms with Crippen molar-refractivity contribution in [3.05, 3.63) is 23.8 Å². The SMILES string of the molecule is CCOc1cccc(CNC2(C)CCS(=O)(=O)C2)c1O. The Bertz CT molecular complexity index is 585. The first kappa shape index (κ1) is 15.1. The van der Waals surface area contributed by atoms with Gasteiger partial charge in [-0.25, -0.2) is 8.42 Å². The second-order valence-electron chi connectivity index (χ2n) is 5.45. The fourth-order valence-corrected chi connectivity index (χ4v) is 4.56. The molecule has 1 atom stereocenters. The first-order valence-electron chi connectivity index (χ1n) is 6.74. The summed E-state index contributed by atoms with van der Waals surface area (Å²) in [5, 5.41) is 13.3. The summed E-state index contributed by atoms with van der Waals surface area (Å²) in [5.41, 5.74) is 0.286. The van der Waals surface area contributed by atoms with Gasteiger partial charge in [0.05, 0.1) is 18.1 Å². The minimum absolute atomic E-state index is 0.117. The lowest BCUT2D eigenvalue weighted by Crippen LogP contribution is -2.42. The van der Waals surface area contributed by atoms with Gasteiger partial charge in [0.25, 0.3) is 0 Å². The van der Waals surface area contributed by atoms with Gasteiger partial charge in [-0.3, -0.25) is 0 Å². The average Bonchev–Trinajstić information content (AvgIpc) is 2.66. The number of nitrogens with one attached hydrogen (secondary N) is 1. The summed E-state index contributed by atoms with van der Waals surface area (Å²) in [6.07, 6.45) is 0.598. The Hall–Kier alpha value is -1.27. The molecule has 1 aliphatic heterocycles. The Balaban J connectivity index is 2.06. The Morgan fingerprint density at radius 3 is 2.80 bits per heavy atom. The summed E-state index contributed by atoms with van der Waals surface area (Å²) in [6.45, 7) is 4.66. The Kier molecular flexibility index (Phi) is 4.25. The molecule has 0 aromatic heterocycles. The van der Waals surface area contributed by atoms with Crippen LogP contribution in [-0.4, -0.2) is 37.2 Å². The molecule has 1 heterocycles. The third kappa shape index (κ3) is 3.43. The van der Waals surface area contributed by atoms with Crippen molar-refractivity contribution in [2.75, 3.05) is 18.1 Å². The number of benzene rings is 1. The lowest BCUT2D eigenvalue weighted by atomic mass is 10.0. The van der Waals surface area contributed by atoms with E-state index in [1.807, 2.05) is 19.9 Å². The Morgan fingerprint density at radius 1 is 1.45 bits per heavy atom. The van der Waals surface area contributed by atoms with Crippen LogP contribution < -0.4 is 10.1 Å². The number of hydrogen-bond donors (Lipinski definition) is 2. The summed E-state index contributed by atoms with van der Waals surface area (Å²) in [4.78, 5) is 0. The van der Waals surface area contributed by atoms with Gasteiger partial charge in [0, 0.05) is 17.6 Å². The third-order valence-electron chi connectivity index (χ3n) is 3.59. The van der Waals surface area contributed by atoms with Crippen molar-refractivity contribution in [3.8, 4) is 11.5 Å². The van der Waals surface area contributed by atoms with Crippen molar-refractivity contribution in [1.82, 2.24) is 5.32 Å². The predicted molar refractivity (Wildman–Crippen MR) is 77.8 cm³/mol. The van der Waals surface area contributed by atoms with Gasteiger partial charge in [-0.1, -0.05) is 12.1 Å². The van der Waals surface area contributed by atoms with Crippen LogP contribution in [0.15, 0.2) is 18.2 Å². The zero-order valence-electron chi connectivity index (χ0n) is 11.8. The van der Waals surface area contributed by atoms with E-state index in [0.29, 0.717) is 30.9 Å². The Morgan fingerprint density at radius 2 is 2.20 bits per heavy atom. The second kappa shape index (κ2) is 5.61. The molecule has 6 heteroatoms. The molecular weight excluding hydrogens is 278 g/mol. The zero-order chi connectivity index (χ0) is 14.8. The number of sulfone groups is 1. The van der Waals surface area contributed by atoms with Crippen molar-refractivity contribution >= 4 is 9.84 Å². The quantitative estimate of drug-likeness (QED) is 0.861. The molecule has 0 amide bonds. The van der Waals surface area contributed by atoms with Gasteiger partial charge < -0.3 is 15.2 Å². The van der Waals surface area contributed by atoms with E-state index in [0.717, 1.165) is 0 Å². The monoisotopic (exact) mass is 299 g/mol. The molecule has 0 radical (unpaired) electrons. The Labute approximate surface area is 119 Å². The maximum Gasteiger partial charge on any atom is 0.162 e. The van der Waals surface area contributed by atoms with Crippen LogP contribution >= 0.6 is 0 Å². The van der Waals surface area contributed by atoms with E-state index in [1.54, 1.807) is 12.1 Å². The largest absolute Gasteiger partial charge is 0.504 e. The van der Waals surface area contributed by atoms with Gasteiger partial charge in [-0.2, -0.15) is 0 Å². The number of phenolic OH excluding ortho intramolecular Hbond substituents is 1. The van der Waals surface area contributed by atoms with Crippen LogP contribution in [0.3, 0.4) is 0 Å². The minimum atomic E-state index is -2.93. The highest BCUT2D eigenvalue weighted by atomic mass is 32.2. The minimum Gasteiger partial charge on any atom is -0.504 e. The van der Waals surface area contributed by atoms with Gasteiger partial charge in [0.2, 0.25) is 0 Å². The number of para-hydroxylation sites is 1. The maximum absolute atomic E-state index is 11.6. The lowest BCUT2D eigenvalue weighted by Gasteiger charge is -2.24. The van der Waals surface area contributed by atoms with E-state index >= 15 is 0 Å². The van der Waals surface area contributed by atoms with Crippen LogP contribution in [0.25, 0.3) is 0 Å². The molecule has 0 aliphatic carbocycles. The van der Waals surface area contributed by atoms with Crippen LogP contribution in [0.1, 0.15) is 25.8 Å². The topological polar surface area (TPSA) is 75.6 Å². The predicted octanol–water partition coefficient (Wildman–Crippen LogP) is 1.46. The van der Waals surface area contributed by atoms with E-state index in [-0.39, 0.29) is 17.3 Å². The highest BCUT2D eigenvalue weighted by Crippen LogP contribution is 2.31. The van der Waals surface area contributed by atoms with E-state index in [2.05, 4.69) is 5.32 Å². The van der Waals surface area contributed by atoms with E-state index in [1.165, 1.54) is 0 Å². The van der Waals surface area contributed by atoms with Gasteiger partial charge >= 0.3 is 0 Å². The van der Waals surface area contributed by atoms with Crippen molar-refractivity contribution in [2.24, 2.45) is 0 Å². The van der Waals surface area contributed by atoms with E-state index in [9.17, 15) is 13.5 Å². The number of aromatic hydroxyl groups is 1. The summed E-state index contributed by atoms with van der Waals surface area (Å²) in [7, 11) is -2.93. The molecule has 1 fully saturated rings. The van der Waals surface area contributed by atoms with Crippen LogP contribution in [0, 0.1) is 0 Å². The molecule has 1 aromatic rings. The number of hydrogen-bond acceptors (Lipinski definition) is 5. The van der Waals surface area contributed by atoms with Crippen LogP contribution in [0.4, 0.5) is 0 Å². The number of ether oxygens (including phenoxy) is 1. The fourth-order valence-electron chi connectivity index (χ4n) is 2.44. The molecule has 0 saturated carbocycles. The molecule has 0 bridgehead atoms. The van der Waals surface area contributed by atoms with Crippen molar-refractivity contribution in [2.45, 2.75) is 32.4 Å². The molecule has 2 rings (SSSR count). The molecule has 1 saturated heterocycles. The standard InChI is InChI=1S/C14H21NO4S/c1-3-19-12-6-4-5-11(13(12)16)9-15-14(2)7-8-20(17,18)10-14/h4-6,15-16H,3,7-10H2,1-2H3. The molecule has 112 valence electrons. The first-order chi connectivity index (χ1) is 9.35. The molecule has 1 unspecified atom stereocenters. The molecular formula is C14H21NO4S. The highest BCUT2D eigenvalue weighted by Gasteiger charge is 2.37. The summed E-state index contributed by atoms with van der Waals surface area (Å²) >= 11 is 0. The van der Waals surface area contributed by atoms with Crippen molar-refractivity contribution in [1.29, 1.82) is 0 Å². The van der Waals surface area contributed by atoms with E-state index < -0.39 is 15.4 Å². The molecule has 20 heavy (non-hydrogen) atoms. The van der Waals surface area contributed by atoms with Gasteiger partial charge in [0.1, 0.15) is 0 Å². The van der Waals surface area contributed by atoms with Crippen molar-refractivity contribution < 1.29 is 18.3 Å². The zero-order valence-corrected chi connectivity index (χ0v) is 12.7. The van der Waals surface area contributed by atoms with Gasteiger partial charge in [-0.15, -0.1) is 0 Å². The summed E-state index contributed by atoms with van der Waals surface area (Å²) in [5.74, 6) is 0.940. The molecule has 2 N–H and O–H groups in total. The molecule has 1 aromatic carbocycles. The first-order valence-corrected chi connectivity index (χ1v) is 8.56. The average molecular weight is 299 g/mol. The van der Waals surface area contributed by atoms with Crippen molar-refractivity contribution in [3.63, 3.8) is 0 Å². The fraction of sp³-hybridized carbons (Fsp3) is 0.571. The smallest absolute Gasteiger partial charge is 0.162 e. The summed E-state index contributed by atoms with van der Waals surface area (Å²) < 4.78 is 28.4. The number of rotatable bonds is 5. The van der Waals surface area contributed by atoms with Gasteiger partial charge in [0.15, 0.2) is 21.3 Å². The van der Waals surface area contributed by atoms with Gasteiger partial charge in [-0.05, 0) is 26.3 Å². The summed E-state index contributed by atoms with van der Waals surface area (Å²) in [6, 6.07) is 5.33. The highest BCUT2D eigenvalue weighted by molar-refractivity contribution is 7.91. The van der Waals surface area contributed by atoms with Crippen LogP contribution in [0.5, 0.6) is 11.5 Å². The second-order valence-corrected chi connectivity index (χ2v) is 7.64. The van der Waals surface area contributed by atoms with Crippen LogP contribution in [-0.2, 0) is 16.4 Å².